The van der Waals surface area contributed by atoms with Crippen molar-refractivity contribution in [1.82, 2.24) is 15.8 Å². The number of aliphatic imine (C=N–C) groups is 1. The highest BCUT2D eigenvalue weighted by Crippen LogP contribution is 2.30. The molecule has 0 atom stereocenters. The number of para-hydroxylation sites is 2. The van der Waals surface area contributed by atoms with E-state index in [2.05, 4.69) is 34.6 Å². The van der Waals surface area contributed by atoms with Gasteiger partial charge in [0.05, 0.1) is 19.3 Å². The number of hydrogen-bond donors (Lipinski definition) is 2. The highest BCUT2D eigenvalue weighted by molar-refractivity contribution is 5.79. The molecule has 0 aliphatic rings. The third-order valence-corrected chi connectivity index (χ3v) is 4.50. The first kappa shape index (κ1) is 21.2. The van der Waals surface area contributed by atoms with Gasteiger partial charge >= 0.3 is 0 Å². The molecule has 0 amide bonds. The van der Waals surface area contributed by atoms with Crippen LogP contribution in [0.5, 0.6) is 17.2 Å². The van der Waals surface area contributed by atoms with Gasteiger partial charge in [0.1, 0.15) is 5.75 Å². The van der Waals surface area contributed by atoms with Gasteiger partial charge in [-0.25, -0.2) is 0 Å². The molecule has 2 N–H and O–H groups in total. The summed E-state index contributed by atoms with van der Waals surface area (Å²) in [5, 5.41) is 10.6. The Bertz CT molecular complexity index is 965. The normalized spacial score (nSPS) is 11.4. The zero-order valence-corrected chi connectivity index (χ0v) is 17.8. The summed E-state index contributed by atoms with van der Waals surface area (Å²) in [4.78, 5) is 4.25. The molecule has 7 nitrogen and oxygen atoms in total. The molecule has 0 saturated heterocycles. The molecule has 3 aromatic rings. The van der Waals surface area contributed by atoms with Crippen LogP contribution in [-0.4, -0.2) is 25.3 Å². The smallest absolute Gasteiger partial charge is 0.191 e. The minimum atomic E-state index is 0.342. The Morgan fingerprint density at radius 1 is 1.03 bits per heavy atom. The van der Waals surface area contributed by atoms with Crippen LogP contribution < -0.4 is 20.1 Å². The van der Waals surface area contributed by atoms with E-state index in [0.29, 0.717) is 36.5 Å². The lowest BCUT2D eigenvalue weighted by Gasteiger charge is -2.12. The van der Waals surface area contributed by atoms with Gasteiger partial charge in [-0.1, -0.05) is 43.3 Å². The van der Waals surface area contributed by atoms with E-state index < -0.39 is 0 Å². The molecular formula is C23H28N4O3. The van der Waals surface area contributed by atoms with Crippen molar-refractivity contribution in [1.29, 1.82) is 0 Å². The van der Waals surface area contributed by atoms with E-state index in [0.717, 1.165) is 22.8 Å². The molecule has 0 unspecified atom stereocenters. The van der Waals surface area contributed by atoms with Crippen molar-refractivity contribution in [2.45, 2.75) is 32.9 Å². The van der Waals surface area contributed by atoms with E-state index in [1.165, 1.54) is 0 Å². The summed E-state index contributed by atoms with van der Waals surface area (Å²) in [5.41, 5.74) is 2.05. The van der Waals surface area contributed by atoms with Gasteiger partial charge in [0, 0.05) is 19.7 Å². The number of nitrogens with one attached hydrogen (secondary N) is 2. The van der Waals surface area contributed by atoms with Crippen molar-refractivity contribution in [3.8, 4) is 17.2 Å². The summed E-state index contributed by atoms with van der Waals surface area (Å²) in [7, 11) is 3.36. The van der Waals surface area contributed by atoms with Crippen molar-refractivity contribution in [3.05, 3.63) is 71.6 Å². The number of aromatic nitrogens is 1. The summed E-state index contributed by atoms with van der Waals surface area (Å²) >= 11 is 0. The van der Waals surface area contributed by atoms with Crippen LogP contribution in [0.2, 0.25) is 0 Å². The molecular weight excluding hydrogens is 380 g/mol. The van der Waals surface area contributed by atoms with Gasteiger partial charge in [-0.3, -0.25) is 4.99 Å². The van der Waals surface area contributed by atoms with E-state index in [1.54, 1.807) is 14.2 Å². The molecule has 30 heavy (non-hydrogen) atoms. The summed E-state index contributed by atoms with van der Waals surface area (Å²) in [5.74, 6) is 3.94. The number of methoxy groups -OCH3 is 1. The van der Waals surface area contributed by atoms with Crippen molar-refractivity contribution >= 4 is 5.96 Å². The maximum Gasteiger partial charge on any atom is 0.191 e. The molecule has 0 spiro atoms. The topological polar surface area (TPSA) is 80.9 Å². The molecule has 3 rings (SSSR count). The van der Waals surface area contributed by atoms with Gasteiger partial charge in [0.15, 0.2) is 23.2 Å². The average molecular weight is 409 g/mol. The Balaban J connectivity index is 1.50. The van der Waals surface area contributed by atoms with Gasteiger partial charge in [-0.05, 0) is 35.7 Å². The second-order valence-electron chi connectivity index (χ2n) is 7.05. The second-order valence-corrected chi connectivity index (χ2v) is 7.05. The van der Waals surface area contributed by atoms with Crippen LogP contribution in [0.25, 0.3) is 0 Å². The first-order valence-corrected chi connectivity index (χ1v) is 9.89. The first-order valence-electron chi connectivity index (χ1n) is 9.89. The lowest BCUT2D eigenvalue weighted by molar-refractivity contribution is 0.372. The lowest BCUT2D eigenvalue weighted by atomic mass is 10.1. The Morgan fingerprint density at radius 3 is 2.37 bits per heavy atom. The minimum Gasteiger partial charge on any atom is -0.493 e. The lowest BCUT2D eigenvalue weighted by Crippen LogP contribution is -2.36. The minimum absolute atomic E-state index is 0.342. The average Bonchev–Trinajstić information content (AvgIpc) is 3.25. The molecule has 0 bridgehead atoms. The number of nitrogens with zero attached hydrogens (tertiary/aromatic N) is 2. The van der Waals surface area contributed by atoms with Gasteiger partial charge in [0.2, 0.25) is 0 Å². The fraction of sp³-hybridized carbons (Fsp3) is 0.304. The second kappa shape index (κ2) is 10.3. The highest BCUT2D eigenvalue weighted by atomic mass is 16.5. The Hall–Kier alpha value is -3.48. The van der Waals surface area contributed by atoms with Crippen molar-refractivity contribution in [2.75, 3.05) is 14.2 Å². The summed E-state index contributed by atoms with van der Waals surface area (Å²) < 4.78 is 16.6. The summed E-state index contributed by atoms with van der Waals surface area (Å²) in [6.07, 6.45) is 0. The van der Waals surface area contributed by atoms with Crippen LogP contribution in [0.4, 0.5) is 0 Å². The van der Waals surface area contributed by atoms with Gasteiger partial charge in [-0.2, -0.15) is 0 Å². The highest BCUT2D eigenvalue weighted by Gasteiger charge is 2.08. The molecule has 1 heterocycles. The fourth-order valence-corrected chi connectivity index (χ4v) is 2.77. The molecule has 158 valence electrons. The van der Waals surface area contributed by atoms with E-state index >= 15 is 0 Å². The Morgan fingerprint density at radius 2 is 1.73 bits per heavy atom. The number of benzene rings is 2. The van der Waals surface area contributed by atoms with Gasteiger partial charge in [-0.15, -0.1) is 0 Å². The monoisotopic (exact) mass is 408 g/mol. The van der Waals surface area contributed by atoms with Crippen LogP contribution in [0.15, 0.2) is 64.1 Å². The third-order valence-electron chi connectivity index (χ3n) is 4.50. The molecule has 7 heteroatoms. The maximum atomic E-state index is 5.91. The van der Waals surface area contributed by atoms with Crippen LogP contribution in [0.1, 0.15) is 36.8 Å². The zero-order valence-electron chi connectivity index (χ0n) is 17.8. The SMILES string of the molecule is CN=C(NCc1ccc(Oc2ccccc2OC)cc1)NCc1cc(C(C)C)no1. The number of rotatable bonds is 8. The van der Waals surface area contributed by atoms with E-state index in [1.807, 2.05) is 54.6 Å². The van der Waals surface area contributed by atoms with Crippen LogP contribution in [0.3, 0.4) is 0 Å². The quantitative estimate of drug-likeness (QED) is 0.423. The standard InChI is InChI=1S/C23H28N4O3/c1-16(2)20-13-19(30-27-20)15-26-23(24-3)25-14-17-9-11-18(12-10-17)29-22-8-6-5-7-21(22)28-4/h5-13,16H,14-15H2,1-4H3,(H2,24,25,26). The third kappa shape index (κ3) is 5.76. The van der Waals surface area contributed by atoms with Crippen molar-refractivity contribution in [3.63, 3.8) is 0 Å². The maximum absolute atomic E-state index is 5.91. The fourth-order valence-electron chi connectivity index (χ4n) is 2.77. The number of guanidine groups is 1. The van der Waals surface area contributed by atoms with Crippen LogP contribution >= 0.6 is 0 Å². The first-order chi connectivity index (χ1) is 14.6. The Labute approximate surface area is 177 Å². The largest absolute Gasteiger partial charge is 0.493 e. The van der Waals surface area contributed by atoms with Crippen molar-refractivity contribution in [2.24, 2.45) is 4.99 Å². The molecule has 0 aliphatic carbocycles. The van der Waals surface area contributed by atoms with Crippen molar-refractivity contribution < 1.29 is 14.0 Å². The molecule has 0 radical (unpaired) electrons. The molecule has 1 aromatic heterocycles. The Kier molecular flexibility index (Phi) is 7.32. The van der Waals surface area contributed by atoms with E-state index in [-0.39, 0.29) is 0 Å². The van der Waals surface area contributed by atoms with Gasteiger partial charge in [0.25, 0.3) is 0 Å². The summed E-state index contributed by atoms with van der Waals surface area (Å²) in [6, 6.07) is 17.4. The number of ether oxygens (including phenoxy) is 2. The zero-order chi connectivity index (χ0) is 21.3. The van der Waals surface area contributed by atoms with E-state index in [9.17, 15) is 0 Å². The van der Waals surface area contributed by atoms with Crippen LogP contribution in [0, 0.1) is 0 Å². The molecule has 0 aliphatic heterocycles. The summed E-state index contributed by atoms with van der Waals surface area (Å²) in [6.45, 7) is 5.32. The predicted molar refractivity (Wildman–Crippen MR) is 117 cm³/mol. The van der Waals surface area contributed by atoms with E-state index in [4.69, 9.17) is 14.0 Å². The predicted octanol–water partition coefficient (Wildman–Crippen LogP) is 4.46. The molecule has 0 fully saturated rings. The molecule has 2 aromatic carbocycles. The number of hydrogen-bond acceptors (Lipinski definition) is 5. The molecule has 0 saturated carbocycles. The van der Waals surface area contributed by atoms with Crippen LogP contribution in [-0.2, 0) is 13.1 Å². The van der Waals surface area contributed by atoms with Gasteiger partial charge < -0.3 is 24.6 Å².